The van der Waals surface area contributed by atoms with Gasteiger partial charge in [0.1, 0.15) is 5.78 Å². The molecule has 1 aliphatic heterocycles. The fraction of sp³-hybridized carbons (Fsp3) is 0.615. The van der Waals surface area contributed by atoms with E-state index in [0.29, 0.717) is 18.2 Å². The van der Waals surface area contributed by atoms with Crippen molar-refractivity contribution in [3.05, 3.63) is 23.9 Å². The number of rotatable bonds is 4. The Hall–Kier alpha value is -1.05. The highest BCUT2D eigenvalue weighted by molar-refractivity contribution is 5.80. The number of carbonyl (C=O) groups excluding carboxylic acids is 1. The summed E-state index contributed by atoms with van der Waals surface area (Å²) in [6.45, 7) is 3.93. The maximum atomic E-state index is 11.5. The van der Waals surface area contributed by atoms with Crippen molar-refractivity contribution in [2.24, 2.45) is 11.8 Å². The zero-order valence-electron chi connectivity index (χ0n) is 9.49. The second-order valence-corrected chi connectivity index (χ2v) is 4.87. The molecule has 0 radical (unpaired) electrons. The van der Waals surface area contributed by atoms with E-state index in [1.807, 2.05) is 13.8 Å². The SMILES string of the molecule is CC(C)C(=O)CCC1=CNC2CC2C=C1. The van der Waals surface area contributed by atoms with Crippen LogP contribution in [0.25, 0.3) is 0 Å². The number of carbonyl (C=O) groups is 1. The summed E-state index contributed by atoms with van der Waals surface area (Å²) in [5, 5.41) is 3.39. The Morgan fingerprint density at radius 2 is 2.40 bits per heavy atom. The van der Waals surface area contributed by atoms with Gasteiger partial charge in [-0.2, -0.15) is 0 Å². The van der Waals surface area contributed by atoms with Gasteiger partial charge in [0, 0.05) is 18.4 Å². The van der Waals surface area contributed by atoms with Crippen LogP contribution in [0.1, 0.15) is 33.1 Å². The first-order chi connectivity index (χ1) is 7.16. The van der Waals surface area contributed by atoms with Crippen molar-refractivity contribution < 1.29 is 4.79 Å². The number of Topliss-reactive ketones (excluding diaryl/α,β-unsaturated/α-hetero) is 1. The number of hydrogen-bond acceptors (Lipinski definition) is 2. The lowest BCUT2D eigenvalue weighted by Gasteiger charge is -2.05. The molecule has 1 N–H and O–H groups in total. The number of fused-ring (bicyclic) bond motifs is 1. The van der Waals surface area contributed by atoms with Crippen molar-refractivity contribution in [1.29, 1.82) is 0 Å². The van der Waals surface area contributed by atoms with Gasteiger partial charge in [-0.25, -0.2) is 0 Å². The van der Waals surface area contributed by atoms with Gasteiger partial charge in [0.15, 0.2) is 0 Å². The average Bonchev–Trinajstić information content (AvgIpc) is 2.93. The number of nitrogens with one attached hydrogen (secondary N) is 1. The Morgan fingerprint density at radius 1 is 1.60 bits per heavy atom. The highest BCUT2D eigenvalue weighted by atomic mass is 16.1. The van der Waals surface area contributed by atoms with E-state index < -0.39 is 0 Å². The molecule has 1 fully saturated rings. The molecule has 1 saturated carbocycles. The monoisotopic (exact) mass is 205 g/mol. The van der Waals surface area contributed by atoms with Gasteiger partial charge < -0.3 is 5.32 Å². The quantitative estimate of drug-likeness (QED) is 0.763. The lowest BCUT2D eigenvalue weighted by Crippen LogP contribution is -2.10. The topological polar surface area (TPSA) is 29.1 Å². The molecule has 2 heteroatoms. The van der Waals surface area contributed by atoms with Crippen LogP contribution in [0.4, 0.5) is 0 Å². The summed E-state index contributed by atoms with van der Waals surface area (Å²) in [7, 11) is 0. The van der Waals surface area contributed by atoms with Crippen molar-refractivity contribution in [1.82, 2.24) is 5.32 Å². The summed E-state index contributed by atoms with van der Waals surface area (Å²) in [6, 6.07) is 0.666. The number of ketones is 1. The summed E-state index contributed by atoms with van der Waals surface area (Å²) >= 11 is 0. The number of hydrogen-bond donors (Lipinski definition) is 1. The fourth-order valence-electron chi connectivity index (χ4n) is 1.84. The molecular formula is C13H19NO. The zero-order chi connectivity index (χ0) is 10.8. The molecule has 0 saturated heterocycles. The summed E-state index contributed by atoms with van der Waals surface area (Å²) in [6.07, 6.45) is 9.35. The highest BCUT2D eigenvalue weighted by Crippen LogP contribution is 2.34. The van der Waals surface area contributed by atoms with E-state index in [-0.39, 0.29) is 5.92 Å². The van der Waals surface area contributed by atoms with Gasteiger partial charge in [-0.05, 0) is 30.5 Å². The second-order valence-electron chi connectivity index (χ2n) is 4.87. The first-order valence-electron chi connectivity index (χ1n) is 5.83. The van der Waals surface area contributed by atoms with Crippen molar-refractivity contribution in [3.63, 3.8) is 0 Å². The third-order valence-electron chi connectivity index (χ3n) is 3.18. The minimum absolute atomic E-state index is 0.168. The first-order valence-corrected chi connectivity index (χ1v) is 5.83. The normalized spacial score (nSPS) is 27.8. The van der Waals surface area contributed by atoms with Crippen LogP contribution in [-0.2, 0) is 4.79 Å². The Balaban J connectivity index is 1.82. The van der Waals surface area contributed by atoms with E-state index in [1.165, 1.54) is 12.0 Å². The molecule has 0 aromatic carbocycles. The lowest BCUT2D eigenvalue weighted by molar-refractivity contribution is -0.121. The van der Waals surface area contributed by atoms with Crippen molar-refractivity contribution in [3.8, 4) is 0 Å². The molecule has 0 amide bonds. The van der Waals surface area contributed by atoms with E-state index in [2.05, 4.69) is 23.7 Å². The molecule has 2 unspecified atom stereocenters. The third-order valence-corrected chi connectivity index (χ3v) is 3.18. The van der Waals surface area contributed by atoms with E-state index in [4.69, 9.17) is 0 Å². The van der Waals surface area contributed by atoms with Crippen molar-refractivity contribution in [2.45, 2.75) is 39.2 Å². The molecule has 2 rings (SSSR count). The highest BCUT2D eigenvalue weighted by Gasteiger charge is 2.34. The molecule has 2 nitrogen and oxygen atoms in total. The van der Waals surface area contributed by atoms with E-state index in [0.717, 1.165) is 12.3 Å². The summed E-state index contributed by atoms with van der Waals surface area (Å²) < 4.78 is 0. The molecule has 1 heterocycles. The van der Waals surface area contributed by atoms with Crippen molar-refractivity contribution >= 4 is 5.78 Å². The van der Waals surface area contributed by atoms with Crippen LogP contribution in [0, 0.1) is 11.8 Å². The van der Waals surface area contributed by atoms with E-state index in [1.54, 1.807) is 0 Å². The van der Waals surface area contributed by atoms with E-state index in [9.17, 15) is 4.79 Å². The molecule has 1 aliphatic carbocycles. The van der Waals surface area contributed by atoms with Gasteiger partial charge >= 0.3 is 0 Å². The summed E-state index contributed by atoms with van der Waals surface area (Å²) in [5.41, 5.74) is 1.26. The van der Waals surface area contributed by atoms with Crippen LogP contribution in [0.2, 0.25) is 0 Å². The molecular weight excluding hydrogens is 186 g/mol. The Morgan fingerprint density at radius 3 is 3.13 bits per heavy atom. The largest absolute Gasteiger partial charge is 0.387 e. The third kappa shape index (κ3) is 2.71. The number of allylic oxidation sites excluding steroid dienone is 2. The first kappa shape index (κ1) is 10.5. The molecule has 15 heavy (non-hydrogen) atoms. The lowest BCUT2D eigenvalue weighted by atomic mass is 10.0. The van der Waals surface area contributed by atoms with E-state index >= 15 is 0 Å². The van der Waals surface area contributed by atoms with Gasteiger partial charge in [0.05, 0.1) is 0 Å². The molecule has 0 aromatic rings. The predicted molar refractivity (Wildman–Crippen MR) is 61.3 cm³/mol. The van der Waals surface area contributed by atoms with Gasteiger partial charge in [0.2, 0.25) is 0 Å². The van der Waals surface area contributed by atoms with Gasteiger partial charge in [-0.1, -0.05) is 26.0 Å². The maximum Gasteiger partial charge on any atom is 0.135 e. The summed E-state index contributed by atoms with van der Waals surface area (Å²) in [5.74, 6) is 1.26. The van der Waals surface area contributed by atoms with Gasteiger partial charge in [0.25, 0.3) is 0 Å². The minimum atomic E-state index is 0.168. The van der Waals surface area contributed by atoms with Crippen LogP contribution >= 0.6 is 0 Å². The van der Waals surface area contributed by atoms with Gasteiger partial charge in [-0.3, -0.25) is 4.79 Å². The molecule has 0 bridgehead atoms. The Labute approximate surface area is 91.4 Å². The predicted octanol–water partition coefficient (Wildman–Crippen LogP) is 2.42. The Kier molecular flexibility index (Phi) is 2.94. The van der Waals surface area contributed by atoms with Gasteiger partial charge in [-0.15, -0.1) is 0 Å². The smallest absolute Gasteiger partial charge is 0.135 e. The standard InChI is InChI=1S/C13H19NO/c1-9(2)13(15)6-4-10-3-5-11-7-12(11)14-8-10/h3,5,8-9,11-12,14H,4,6-7H2,1-2H3. The molecule has 2 aliphatic rings. The van der Waals surface area contributed by atoms with Crippen LogP contribution in [0.3, 0.4) is 0 Å². The fourth-order valence-corrected chi connectivity index (χ4v) is 1.84. The van der Waals surface area contributed by atoms with Crippen LogP contribution in [0.5, 0.6) is 0 Å². The Bertz CT molecular complexity index is 314. The molecule has 0 spiro atoms. The summed E-state index contributed by atoms with van der Waals surface area (Å²) in [4.78, 5) is 11.5. The minimum Gasteiger partial charge on any atom is -0.387 e. The van der Waals surface area contributed by atoms with Crippen LogP contribution < -0.4 is 5.32 Å². The van der Waals surface area contributed by atoms with Crippen LogP contribution in [-0.4, -0.2) is 11.8 Å². The second kappa shape index (κ2) is 4.21. The molecule has 0 aromatic heterocycles. The molecule has 2 atom stereocenters. The molecule has 82 valence electrons. The zero-order valence-corrected chi connectivity index (χ0v) is 9.49. The average molecular weight is 205 g/mol. The maximum absolute atomic E-state index is 11.5. The van der Waals surface area contributed by atoms with Crippen LogP contribution in [0.15, 0.2) is 23.9 Å². The van der Waals surface area contributed by atoms with Crippen molar-refractivity contribution in [2.75, 3.05) is 0 Å².